The molecule has 0 aromatic carbocycles. The zero-order chi connectivity index (χ0) is 67.5. The van der Waals surface area contributed by atoms with Crippen LogP contribution in [0.2, 0.25) is 0 Å². The van der Waals surface area contributed by atoms with Crippen molar-refractivity contribution in [2.45, 2.75) is 375 Å². The SMILES string of the molecule is CCC(C)CCCCCCCCC(=O)OC[C@H](COP(=O)(O)OC[C@H](O)COP(=O)(O)OC[C@@H](COC(=O)CCCCCCCCCCCCC(C)C)OC(=O)CCCCCCCCCC(C)C)OC(=O)CCCCCCCCCCCCCCCCCC(C)C. The average Bonchev–Trinajstić information content (AvgIpc) is 3.68. The zero-order valence-corrected chi connectivity index (χ0v) is 61.3. The van der Waals surface area contributed by atoms with Gasteiger partial charge in [-0.25, -0.2) is 9.13 Å². The van der Waals surface area contributed by atoms with E-state index in [4.69, 9.17) is 37.0 Å². The van der Waals surface area contributed by atoms with Gasteiger partial charge in [0, 0.05) is 25.7 Å². The molecule has 0 saturated carbocycles. The number of aliphatic hydroxyl groups is 1. The van der Waals surface area contributed by atoms with Gasteiger partial charge in [0.15, 0.2) is 12.2 Å². The van der Waals surface area contributed by atoms with Gasteiger partial charge in [0.25, 0.3) is 0 Å². The molecular formula is C72H140O17P2. The van der Waals surface area contributed by atoms with Crippen LogP contribution in [-0.2, 0) is 65.4 Å². The van der Waals surface area contributed by atoms with Crippen molar-refractivity contribution in [3.8, 4) is 0 Å². The Labute approximate surface area is 556 Å². The van der Waals surface area contributed by atoms with Crippen molar-refractivity contribution in [2.24, 2.45) is 23.7 Å². The first-order valence-corrected chi connectivity index (χ1v) is 40.2. The van der Waals surface area contributed by atoms with Gasteiger partial charge in [-0.15, -0.1) is 0 Å². The maximum absolute atomic E-state index is 13.0. The molecule has 0 aliphatic carbocycles. The molecule has 0 aromatic heterocycles. The van der Waals surface area contributed by atoms with Crippen LogP contribution in [0.1, 0.15) is 357 Å². The van der Waals surface area contributed by atoms with Gasteiger partial charge >= 0.3 is 39.5 Å². The number of phosphoric acid groups is 2. The predicted molar refractivity (Wildman–Crippen MR) is 367 cm³/mol. The lowest BCUT2D eigenvalue weighted by molar-refractivity contribution is -0.161. The van der Waals surface area contributed by atoms with Crippen molar-refractivity contribution in [3.05, 3.63) is 0 Å². The fraction of sp³-hybridized carbons (Fsp3) is 0.944. The van der Waals surface area contributed by atoms with E-state index in [9.17, 15) is 43.2 Å². The largest absolute Gasteiger partial charge is 0.472 e. The lowest BCUT2D eigenvalue weighted by atomic mass is 10.00. The van der Waals surface area contributed by atoms with Crippen molar-refractivity contribution in [1.82, 2.24) is 0 Å². The van der Waals surface area contributed by atoms with Gasteiger partial charge in [-0.1, -0.05) is 306 Å². The Bertz CT molecular complexity index is 1800. The van der Waals surface area contributed by atoms with E-state index in [0.717, 1.165) is 114 Å². The van der Waals surface area contributed by atoms with E-state index in [1.807, 2.05) is 0 Å². The van der Waals surface area contributed by atoms with Crippen LogP contribution in [0, 0.1) is 23.7 Å². The Kier molecular flexibility index (Phi) is 60.3. The van der Waals surface area contributed by atoms with Crippen LogP contribution >= 0.6 is 15.6 Å². The number of phosphoric ester groups is 2. The number of carbonyl (C=O) groups is 4. The molecule has 540 valence electrons. The number of unbranched alkanes of at least 4 members (excludes halogenated alkanes) is 34. The molecule has 19 heteroatoms. The van der Waals surface area contributed by atoms with E-state index in [1.165, 1.54) is 154 Å². The van der Waals surface area contributed by atoms with Crippen molar-refractivity contribution in [3.63, 3.8) is 0 Å². The summed E-state index contributed by atoms with van der Waals surface area (Å²) in [6.45, 7) is 14.1. The highest BCUT2D eigenvalue weighted by molar-refractivity contribution is 7.47. The molecule has 0 fully saturated rings. The molecule has 0 heterocycles. The lowest BCUT2D eigenvalue weighted by Crippen LogP contribution is -2.30. The van der Waals surface area contributed by atoms with Crippen LogP contribution in [0.3, 0.4) is 0 Å². The minimum Gasteiger partial charge on any atom is -0.462 e. The highest BCUT2D eigenvalue weighted by atomic mass is 31.2. The second kappa shape index (κ2) is 61.6. The maximum atomic E-state index is 13.0. The van der Waals surface area contributed by atoms with E-state index in [1.54, 1.807) is 0 Å². The number of hydrogen-bond acceptors (Lipinski definition) is 15. The van der Waals surface area contributed by atoms with Crippen LogP contribution in [0.5, 0.6) is 0 Å². The summed E-state index contributed by atoms with van der Waals surface area (Å²) in [5.74, 6) is 0.858. The smallest absolute Gasteiger partial charge is 0.462 e. The van der Waals surface area contributed by atoms with Gasteiger partial charge in [0.05, 0.1) is 26.4 Å². The first kappa shape index (κ1) is 89.1. The van der Waals surface area contributed by atoms with Crippen LogP contribution in [0.4, 0.5) is 0 Å². The molecule has 0 aromatic rings. The molecular weight excluding hydrogens is 1200 g/mol. The van der Waals surface area contributed by atoms with E-state index >= 15 is 0 Å². The van der Waals surface area contributed by atoms with Gasteiger partial charge in [0.2, 0.25) is 0 Å². The first-order chi connectivity index (χ1) is 43.6. The summed E-state index contributed by atoms with van der Waals surface area (Å²) < 4.78 is 68.3. The second-order valence-corrected chi connectivity index (χ2v) is 30.6. The monoisotopic (exact) mass is 1340 g/mol. The third-order valence-electron chi connectivity index (χ3n) is 16.9. The van der Waals surface area contributed by atoms with Crippen LogP contribution in [0.15, 0.2) is 0 Å². The Morgan fingerprint density at radius 3 is 0.780 bits per heavy atom. The molecule has 0 rings (SSSR count). The standard InChI is InChI=1S/C72H140O17P2/c1-9-65(8)51-43-35-30-31-37-45-53-70(75)83-59-68(88-71(76)54-46-38-28-22-16-14-12-10-11-13-15-19-24-32-40-48-62(2)3)61-87-91(80,81)85-57-66(73)56-84-90(78,79)86-60-67(89-72(77)55-47-39-29-23-26-34-42-50-64(6)7)58-82-69(74)52-44-36-27-21-18-17-20-25-33-41-49-63(4)5/h62-68,73H,9-61H2,1-8H3,(H,78,79)(H,80,81)/t65?,66-,67-,68-/m1/s1. The minimum absolute atomic E-state index is 0.103. The predicted octanol–water partition coefficient (Wildman–Crippen LogP) is 20.5. The number of esters is 4. The topological polar surface area (TPSA) is 237 Å². The average molecular weight is 1340 g/mol. The number of carbonyl (C=O) groups excluding carboxylic acids is 4. The van der Waals surface area contributed by atoms with Crippen molar-refractivity contribution < 1.29 is 80.2 Å². The Balaban J connectivity index is 5.21. The summed E-state index contributed by atoms with van der Waals surface area (Å²) in [5, 5.41) is 10.6. The minimum atomic E-state index is -4.95. The quantitative estimate of drug-likeness (QED) is 0.0222. The lowest BCUT2D eigenvalue weighted by Gasteiger charge is -2.21. The third-order valence-corrected chi connectivity index (χ3v) is 18.8. The molecule has 0 saturated heterocycles. The molecule has 0 aliphatic rings. The Morgan fingerprint density at radius 2 is 0.527 bits per heavy atom. The van der Waals surface area contributed by atoms with E-state index in [2.05, 4.69) is 55.4 Å². The zero-order valence-electron chi connectivity index (χ0n) is 59.5. The molecule has 0 radical (unpaired) electrons. The molecule has 6 atom stereocenters. The van der Waals surface area contributed by atoms with Crippen LogP contribution in [0.25, 0.3) is 0 Å². The summed E-state index contributed by atoms with van der Waals surface area (Å²) >= 11 is 0. The maximum Gasteiger partial charge on any atom is 0.472 e. The molecule has 3 unspecified atom stereocenters. The first-order valence-electron chi connectivity index (χ1n) is 37.2. The van der Waals surface area contributed by atoms with Crippen LogP contribution in [-0.4, -0.2) is 96.7 Å². The molecule has 0 bridgehead atoms. The van der Waals surface area contributed by atoms with Crippen molar-refractivity contribution >= 4 is 39.5 Å². The summed E-state index contributed by atoms with van der Waals surface area (Å²) in [4.78, 5) is 72.6. The molecule has 0 aliphatic heterocycles. The fourth-order valence-electron chi connectivity index (χ4n) is 10.8. The molecule has 0 amide bonds. The van der Waals surface area contributed by atoms with E-state index < -0.39 is 97.5 Å². The highest BCUT2D eigenvalue weighted by Gasteiger charge is 2.30. The Hall–Kier alpha value is -1.94. The number of ether oxygens (including phenoxy) is 4. The van der Waals surface area contributed by atoms with Crippen molar-refractivity contribution in [1.29, 1.82) is 0 Å². The van der Waals surface area contributed by atoms with E-state index in [0.29, 0.717) is 31.6 Å². The van der Waals surface area contributed by atoms with Gasteiger partial charge in [-0.2, -0.15) is 0 Å². The van der Waals surface area contributed by atoms with E-state index in [-0.39, 0.29) is 25.7 Å². The summed E-state index contributed by atoms with van der Waals surface area (Å²) in [6, 6.07) is 0. The summed E-state index contributed by atoms with van der Waals surface area (Å²) in [6.07, 6.45) is 44.6. The van der Waals surface area contributed by atoms with Gasteiger partial charge in [0.1, 0.15) is 19.3 Å². The Morgan fingerprint density at radius 1 is 0.308 bits per heavy atom. The summed E-state index contributed by atoms with van der Waals surface area (Å²) in [7, 11) is -9.90. The second-order valence-electron chi connectivity index (χ2n) is 27.6. The number of hydrogen-bond donors (Lipinski definition) is 3. The number of rotatable bonds is 69. The fourth-order valence-corrected chi connectivity index (χ4v) is 12.4. The summed E-state index contributed by atoms with van der Waals surface area (Å²) in [5.41, 5.74) is 0. The third kappa shape index (κ3) is 65.1. The van der Waals surface area contributed by atoms with Crippen molar-refractivity contribution in [2.75, 3.05) is 39.6 Å². The molecule has 91 heavy (non-hydrogen) atoms. The highest BCUT2D eigenvalue weighted by Crippen LogP contribution is 2.45. The molecule has 17 nitrogen and oxygen atoms in total. The van der Waals surface area contributed by atoms with Gasteiger partial charge in [-0.3, -0.25) is 37.3 Å². The van der Waals surface area contributed by atoms with Gasteiger partial charge < -0.3 is 33.8 Å². The van der Waals surface area contributed by atoms with Crippen LogP contribution < -0.4 is 0 Å². The molecule has 3 N–H and O–H groups in total. The molecule has 0 spiro atoms. The number of aliphatic hydroxyl groups excluding tert-OH is 1. The van der Waals surface area contributed by atoms with Gasteiger partial charge in [-0.05, 0) is 49.4 Å². The normalized spacial score (nSPS) is 14.5.